The van der Waals surface area contributed by atoms with Crippen LogP contribution in [0.25, 0.3) is 0 Å². The van der Waals surface area contributed by atoms with Crippen LogP contribution in [0.1, 0.15) is 48.6 Å². The molecule has 2 rings (SSSR count). The number of carboxylic acids is 2. The molecule has 1 fully saturated rings. The van der Waals surface area contributed by atoms with E-state index in [2.05, 4.69) is 5.32 Å². The Morgan fingerprint density at radius 3 is 2.57 bits per heavy atom. The molecule has 1 aliphatic rings. The van der Waals surface area contributed by atoms with Crippen LogP contribution >= 0.6 is 0 Å². The lowest BCUT2D eigenvalue weighted by atomic mass is 9.93. The van der Waals surface area contributed by atoms with Gasteiger partial charge < -0.3 is 20.1 Å². The first-order chi connectivity index (χ1) is 9.99. The van der Waals surface area contributed by atoms with Gasteiger partial charge in [0.1, 0.15) is 11.7 Å². The Labute approximate surface area is 121 Å². The van der Waals surface area contributed by atoms with Gasteiger partial charge in [-0.1, -0.05) is 0 Å². The van der Waals surface area contributed by atoms with Gasteiger partial charge >= 0.3 is 11.9 Å². The third-order valence-electron chi connectivity index (χ3n) is 3.73. The maximum Gasteiger partial charge on any atom is 0.326 e. The van der Waals surface area contributed by atoms with E-state index in [0.717, 1.165) is 19.3 Å². The predicted octanol–water partition coefficient (Wildman–Crippen LogP) is 1.26. The number of hydrogen-bond acceptors (Lipinski definition) is 3. The second kappa shape index (κ2) is 6.43. The molecular formula is C14H18N2O5. The van der Waals surface area contributed by atoms with Gasteiger partial charge in [-0.15, -0.1) is 0 Å². The Morgan fingerprint density at radius 1 is 1.33 bits per heavy atom. The molecule has 0 saturated heterocycles. The number of carboxylic acid groups (broad SMARTS) is 2. The van der Waals surface area contributed by atoms with E-state index >= 15 is 0 Å². The summed E-state index contributed by atoms with van der Waals surface area (Å²) in [6.07, 6.45) is 4.51. The molecule has 0 aliphatic heterocycles. The highest BCUT2D eigenvalue weighted by Gasteiger charge is 2.26. The Balaban J connectivity index is 2.03. The highest BCUT2D eigenvalue weighted by molar-refractivity contribution is 5.95. The molecule has 0 spiro atoms. The molecule has 3 N–H and O–H groups in total. The molecule has 1 saturated carbocycles. The molecule has 1 amide bonds. The van der Waals surface area contributed by atoms with Crippen molar-refractivity contribution in [1.82, 2.24) is 9.88 Å². The van der Waals surface area contributed by atoms with Crippen LogP contribution in [0.2, 0.25) is 0 Å². The summed E-state index contributed by atoms with van der Waals surface area (Å²) < 4.78 is 1.86. The number of amides is 1. The summed E-state index contributed by atoms with van der Waals surface area (Å²) in [7, 11) is 0. The Kier molecular flexibility index (Phi) is 4.62. The SMILES string of the molecule is O=C(O)CCC(NC(=O)c1cccn1C1CCC1)C(=O)O. The topological polar surface area (TPSA) is 109 Å². The summed E-state index contributed by atoms with van der Waals surface area (Å²) in [6, 6.07) is 2.49. The lowest BCUT2D eigenvalue weighted by molar-refractivity contribution is -0.140. The van der Waals surface area contributed by atoms with Crippen molar-refractivity contribution in [3.63, 3.8) is 0 Å². The second-order valence-electron chi connectivity index (χ2n) is 5.18. The third-order valence-corrected chi connectivity index (χ3v) is 3.73. The van der Waals surface area contributed by atoms with Gasteiger partial charge in [-0.2, -0.15) is 0 Å². The standard InChI is InChI=1S/C14H18N2O5/c17-12(18)7-6-10(14(20)21)15-13(19)11-5-2-8-16(11)9-3-1-4-9/h2,5,8-10H,1,3-4,6-7H2,(H,15,19)(H,17,18)(H,20,21). The Morgan fingerprint density at radius 2 is 2.05 bits per heavy atom. The van der Waals surface area contributed by atoms with E-state index in [0.29, 0.717) is 11.7 Å². The number of aromatic nitrogens is 1. The lowest BCUT2D eigenvalue weighted by Crippen LogP contribution is -2.42. The zero-order chi connectivity index (χ0) is 15.4. The molecule has 7 nitrogen and oxygen atoms in total. The first-order valence-corrected chi connectivity index (χ1v) is 6.91. The van der Waals surface area contributed by atoms with Crippen LogP contribution in [0.15, 0.2) is 18.3 Å². The predicted molar refractivity (Wildman–Crippen MR) is 73.1 cm³/mol. The van der Waals surface area contributed by atoms with Gasteiger partial charge in [0.25, 0.3) is 5.91 Å². The molecular weight excluding hydrogens is 276 g/mol. The molecule has 114 valence electrons. The smallest absolute Gasteiger partial charge is 0.326 e. The number of rotatable bonds is 7. The highest BCUT2D eigenvalue weighted by Crippen LogP contribution is 2.32. The molecule has 1 aromatic heterocycles. The molecule has 0 radical (unpaired) electrons. The first kappa shape index (κ1) is 15.1. The normalized spacial score (nSPS) is 16.0. The van der Waals surface area contributed by atoms with Gasteiger partial charge in [-0.25, -0.2) is 4.79 Å². The van der Waals surface area contributed by atoms with Crippen molar-refractivity contribution in [1.29, 1.82) is 0 Å². The fraction of sp³-hybridized carbons (Fsp3) is 0.500. The number of carbonyl (C=O) groups excluding carboxylic acids is 1. The third kappa shape index (κ3) is 3.62. The van der Waals surface area contributed by atoms with E-state index in [1.165, 1.54) is 0 Å². The van der Waals surface area contributed by atoms with E-state index < -0.39 is 23.9 Å². The van der Waals surface area contributed by atoms with Gasteiger partial charge in [0, 0.05) is 18.7 Å². The Hall–Kier alpha value is -2.31. The molecule has 0 aromatic carbocycles. The summed E-state index contributed by atoms with van der Waals surface area (Å²) >= 11 is 0. The monoisotopic (exact) mass is 294 g/mol. The van der Waals surface area contributed by atoms with E-state index in [-0.39, 0.29) is 12.8 Å². The minimum Gasteiger partial charge on any atom is -0.481 e. The summed E-state index contributed by atoms with van der Waals surface area (Å²) in [5.74, 6) is -2.80. The summed E-state index contributed by atoms with van der Waals surface area (Å²) in [5.41, 5.74) is 0.418. The van der Waals surface area contributed by atoms with Crippen LogP contribution < -0.4 is 5.32 Å². The van der Waals surface area contributed by atoms with Gasteiger partial charge in [0.05, 0.1) is 0 Å². The minimum absolute atomic E-state index is 0.138. The van der Waals surface area contributed by atoms with Crippen molar-refractivity contribution in [3.05, 3.63) is 24.0 Å². The van der Waals surface area contributed by atoms with Gasteiger partial charge in [0.15, 0.2) is 0 Å². The van der Waals surface area contributed by atoms with Gasteiger partial charge in [-0.3, -0.25) is 9.59 Å². The zero-order valence-electron chi connectivity index (χ0n) is 11.5. The van der Waals surface area contributed by atoms with Crippen LogP contribution in [0.4, 0.5) is 0 Å². The maximum atomic E-state index is 12.2. The van der Waals surface area contributed by atoms with E-state index in [1.54, 1.807) is 12.1 Å². The van der Waals surface area contributed by atoms with Crippen LogP contribution in [0, 0.1) is 0 Å². The molecule has 1 unspecified atom stereocenters. The van der Waals surface area contributed by atoms with Crippen molar-refractivity contribution in [2.45, 2.75) is 44.2 Å². The van der Waals surface area contributed by atoms with Gasteiger partial charge in [0.2, 0.25) is 0 Å². The van der Waals surface area contributed by atoms with Crippen molar-refractivity contribution in [2.24, 2.45) is 0 Å². The van der Waals surface area contributed by atoms with Crippen molar-refractivity contribution < 1.29 is 24.6 Å². The average molecular weight is 294 g/mol. The second-order valence-corrected chi connectivity index (χ2v) is 5.18. The molecule has 0 bridgehead atoms. The highest BCUT2D eigenvalue weighted by atomic mass is 16.4. The molecule has 21 heavy (non-hydrogen) atoms. The molecule has 1 aromatic rings. The minimum atomic E-state index is -1.23. The van der Waals surface area contributed by atoms with Crippen molar-refractivity contribution in [2.75, 3.05) is 0 Å². The van der Waals surface area contributed by atoms with Crippen LogP contribution in [0.3, 0.4) is 0 Å². The van der Waals surface area contributed by atoms with Crippen LogP contribution in [-0.4, -0.2) is 38.7 Å². The zero-order valence-corrected chi connectivity index (χ0v) is 11.5. The summed E-state index contributed by atoms with van der Waals surface area (Å²) in [4.78, 5) is 33.8. The molecule has 1 atom stereocenters. The van der Waals surface area contributed by atoms with Crippen molar-refractivity contribution >= 4 is 17.8 Å². The van der Waals surface area contributed by atoms with E-state index in [4.69, 9.17) is 10.2 Å². The summed E-state index contributed by atoms with van der Waals surface area (Å²) in [5, 5.41) is 20.1. The fourth-order valence-corrected chi connectivity index (χ4v) is 2.33. The molecule has 1 heterocycles. The lowest BCUT2D eigenvalue weighted by Gasteiger charge is -2.29. The number of nitrogens with zero attached hydrogens (tertiary/aromatic N) is 1. The van der Waals surface area contributed by atoms with E-state index in [1.807, 2.05) is 10.8 Å². The number of nitrogens with one attached hydrogen (secondary N) is 1. The first-order valence-electron chi connectivity index (χ1n) is 6.91. The number of aliphatic carboxylic acids is 2. The number of carbonyl (C=O) groups is 3. The largest absolute Gasteiger partial charge is 0.481 e. The van der Waals surface area contributed by atoms with E-state index in [9.17, 15) is 14.4 Å². The molecule has 1 aliphatic carbocycles. The van der Waals surface area contributed by atoms with Crippen LogP contribution in [0.5, 0.6) is 0 Å². The van der Waals surface area contributed by atoms with Gasteiger partial charge in [-0.05, 0) is 37.8 Å². The van der Waals surface area contributed by atoms with Crippen molar-refractivity contribution in [3.8, 4) is 0 Å². The fourth-order valence-electron chi connectivity index (χ4n) is 2.33. The quantitative estimate of drug-likeness (QED) is 0.701. The molecule has 7 heteroatoms. The Bertz CT molecular complexity index is 547. The maximum absolute atomic E-state index is 12.2. The van der Waals surface area contributed by atoms with Crippen LogP contribution in [-0.2, 0) is 9.59 Å². The number of hydrogen-bond donors (Lipinski definition) is 3. The summed E-state index contributed by atoms with van der Waals surface area (Å²) in [6.45, 7) is 0. The average Bonchev–Trinajstić information content (AvgIpc) is 2.80.